The van der Waals surface area contributed by atoms with Crippen LogP contribution in [-0.2, 0) is 4.79 Å². The van der Waals surface area contributed by atoms with E-state index in [1.54, 1.807) is 19.3 Å². The molecule has 0 spiro atoms. The number of anilines is 1. The van der Waals surface area contributed by atoms with E-state index in [-0.39, 0.29) is 10.9 Å². The lowest BCUT2D eigenvalue weighted by Gasteiger charge is -2.15. The van der Waals surface area contributed by atoms with Crippen LogP contribution in [0.1, 0.15) is 12.5 Å². The summed E-state index contributed by atoms with van der Waals surface area (Å²) in [7, 11) is 1.55. The molecule has 3 rings (SSSR count). The summed E-state index contributed by atoms with van der Waals surface area (Å²) in [5, 5.41) is -0.0723. The quantitative estimate of drug-likeness (QED) is 0.482. The van der Waals surface area contributed by atoms with Crippen molar-refractivity contribution in [3.8, 4) is 11.5 Å². The number of benzene rings is 2. The molecular weight excluding hydrogens is 409 g/mol. The van der Waals surface area contributed by atoms with Gasteiger partial charge in [-0.05, 0) is 37.3 Å². The second-order valence-corrected chi connectivity index (χ2v) is 7.51. The van der Waals surface area contributed by atoms with Gasteiger partial charge in [0.05, 0.1) is 29.3 Å². The van der Waals surface area contributed by atoms with Crippen molar-refractivity contribution in [3.63, 3.8) is 0 Å². The lowest BCUT2D eigenvalue weighted by Crippen LogP contribution is -2.27. The normalized spacial score (nSPS) is 15.6. The van der Waals surface area contributed by atoms with Crippen LogP contribution in [0.15, 0.2) is 41.3 Å². The van der Waals surface area contributed by atoms with Gasteiger partial charge in [-0.15, -0.1) is 0 Å². The molecule has 0 atom stereocenters. The molecule has 0 aliphatic carbocycles. The summed E-state index contributed by atoms with van der Waals surface area (Å²) < 4.78 is 24.8. The van der Waals surface area contributed by atoms with Crippen LogP contribution in [0.5, 0.6) is 11.5 Å². The number of ether oxygens (including phenoxy) is 2. The summed E-state index contributed by atoms with van der Waals surface area (Å²) in [6.07, 6.45) is 1.71. The first-order valence-electron chi connectivity index (χ1n) is 7.99. The maximum absolute atomic E-state index is 13.4. The van der Waals surface area contributed by atoms with Crippen LogP contribution in [0.3, 0.4) is 0 Å². The summed E-state index contributed by atoms with van der Waals surface area (Å²) >= 11 is 12.3. The van der Waals surface area contributed by atoms with Gasteiger partial charge in [-0.3, -0.25) is 9.69 Å². The van der Waals surface area contributed by atoms with Crippen LogP contribution >= 0.6 is 35.6 Å². The Balaban J connectivity index is 1.99. The molecular formula is C19H15ClFNO3S2. The Labute approximate surface area is 170 Å². The molecule has 0 N–H and O–H groups in total. The third-order valence-electron chi connectivity index (χ3n) is 3.76. The van der Waals surface area contributed by atoms with E-state index in [0.29, 0.717) is 38.6 Å². The molecule has 8 heteroatoms. The molecule has 0 unspecified atom stereocenters. The summed E-state index contributed by atoms with van der Waals surface area (Å²) in [5.41, 5.74) is 1.12. The highest BCUT2D eigenvalue weighted by Crippen LogP contribution is 2.39. The van der Waals surface area contributed by atoms with E-state index in [2.05, 4.69) is 0 Å². The van der Waals surface area contributed by atoms with Crippen LogP contribution in [0.2, 0.25) is 5.02 Å². The van der Waals surface area contributed by atoms with E-state index in [1.807, 2.05) is 19.1 Å². The van der Waals surface area contributed by atoms with Gasteiger partial charge >= 0.3 is 0 Å². The molecule has 140 valence electrons. The van der Waals surface area contributed by atoms with Crippen molar-refractivity contribution in [2.24, 2.45) is 0 Å². The van der Waals surface area contributed by atoms with Crippen LogP contribution < -0.4 is 14.4 Å². The fourth-order valence-corrected chi connectivity index (χ4v) is 4.03. The molecule has 1 fully saturated rings. The van der Waals surface area contributed by atoms with Crippen molar-refractivity contribution in [1.29, 1.82) is 0 Å². The molecule has 0 aromatic heterocycles. The van der Waals surface area contributed by atoms with Crippen molar-refractivity contribution in [1.82, 2.24) is 0 Å². The summed E-state index contributed by atoms with van der Waals surface area (Å²) in [5.74, 6) is 0.265. The lowest BCUT2D eigenvalue weighted by atomic mass is 10.1. The first kappa shape index (κ1) is 19.7. The standard InChI is InChI=1S/C19H15ClFNO3S2/c1-3-25-17-11(5-4-6-15(17)24-2)9-16-18(23)22(19(26)27-16)12-7-8-14(21)13(20)10-12/h4-10H,3H2,1-2H3/b16-9+. The number of hydrogen-bond acceptors (Lipinski definition) is 5. The molecule has 1 heterocycles. The van der Waals surface area contributed by atoms with Gasteiger partial charge in [-0.1, -0.05) is 47.7 Å². The van der Waals surface area contributed by atoms with Crippen molar-refractivity contribution < 1.29 is 18.7 Å². The number of hydrogen-bond donors (Lipinski definition) is 0. The predicted molar refractivity (Wildman–Crippen MR) is 111 cm³/mol. The minimum Gasteiger partial charge on any atom is -0.493 e. The van der Waals surface area contributed by atoms with Crippen LogP contribution in [0.4, 0.5) is 10.1 Å². The predicted octanol–water partition coefficient (Wildman–Crippen LogP) is 5.29. The largest absolute Gasteiger partial charge is 0.493 e. The Morgan fingerprint density at radius 3 is 2.78 bits per heavy atom. The molecule has 4 nitrogen and oxygen atoms in total. The second-order valence-electron chi connectivity index (χ2n) is 5.43. The number of para-hydroxylation sites is 1. The van der Waals surface area contributed by atoms with Gasteiger partial charge in [0.25, 0.3) is 5.91 Å². The number of nitrogens with zero attached hydrogens (tertiary/aromatic N) is 1. The average molecular weight is 424 g/mol. The van der Waals surface area contributed by atoms with E-state index < -0.39 is 5.82 Å². The molecule has 0 bridgehead atoms. The highest BCUT2D eigenvalue weighted by atomic mass is 35.5. The molecule has 2 aromatic rings. The number of rotatable bonds is 5. The van der Waals surface area contributed by atoms with Gasteiger partial charge in [-0.2, -0.15) is 0 Å². The third kappa shape index (κ3) is 3.95. The number of carbonyl (C=O) groups excluding carboxylic acids is 1. The number of amides is 1. The molecule has 1 aliphatic rings. The van der Waals surface area contributed by atoms with Crippen LogP contribution in [0.25, 0.3) is 6.08 Å². The summed E-state index contributed by atoms with van der Waals surface area (Å²) in [4.78, 5) is 14.6. The highest BCUT2D eigenvalue weighted by Gasteiger charge is 2.34. The van der Waals surface area contributed by atoms with Gasteiger partial charge in [0.15, 0.2) is 15.8 Å². The Morgan fingerprint density at radius 2 is 2.11 bits per heavy atom. The Bertz CT molecular complexity index is 949. The van der Waals surface area contributed by atoms with Gasteiger partial charge in [0.1, 0.15) is 5.82 Å². The van der Waals surface area contributed by atoms with E-state index >= 15 is 0 Å². The summed E-state index contributed by atoms with van der Waals surface area (Å²) in [6.45, 7) is 2.32. The fourth-order valence-electron chi connectivity index (χ4n) is 2.56. The zero-order valence-corrected chi connectivity index (χ0v) is 16.9. The van der Waals surface area contributed by atoms with Crippen molar-refractivity contribution >= 4 is 57.6 Å². The van der Waals surface area contributed by atoms with Crippen LogP contribution in [-0.4, -0.2) is 23.9 Å². The van der Waals surface area contributed by atoms with E-state index in [1.165, 1.54) is 23.1 Å². The Morgan fingerprint density at radius 1 is 1.33 bits per heavy atom. The zero-order chi connectivity index (χ0) is 19.6. The maximum Gasteiger partial charge on any atom is 0.270 e. The SMILES string of the molecule is CCOc1c(/C=C2/SC(=S)N(c3ccc(F)c(Cl)c3)C2=O)cccc1OC. The zero-order valence-electron chi connectivity index (χ0n) is 14.5. The number of halogens is 2. The highest BCUT2D eigenvalue weighted by molar-refractivity contribution is 8.27. The number of thioether (sulfide) groups is 1. The van der Waals surface area contributed by atoms with Crippen LogP contribution in [0, 0.1) is 5.82 Å². The van der Waals surface area contributed by atoms with Gasteiger partial charge in [0, 0.05) is 5.56 Å². The molecule has 1 aliphatic heterocycles. The van der Waals surface area contributed by atoms with E-state index in [4.69, 9.17) is 33.3 Å². The minimum atomic E-state index is -0.556. The summed E-state index contributed by atoms with van der Waals surface area (Å²) in [6, 6.07) is 9.47. The minimum absolute atomic E-state index is 0.0723. The molecule has 0 radical (unpaired) electrons. The van der Waals surface area contributed by atoms with Crippen molar-refractivity contribution in [3.05, 3.63) is 57.7 Å². The molecule has 2 aromatic carbocycles. The van der Waals surface area contributed by atoms with E-state index in [0.717, 1.165) is 11.8 Å². The van der Waals surface area contributed by atoms with Gasteiger partial charge in [0.2, 0.25) is 0 Å². The third-order valence-corrected chi connectivity index (χ3v) is 5.35. The number of thiocarbonyl (C=S) groups is 1. The first-order valence-corrected chi connectivity index (χ1v) is 9.59. The monoisotopic (exact) mass is 423 g/mol. The van der Waals surface area contributed by atoms with Gasteiger partial charge < -0.3 is 9.47 Å². The van der Waals surface area contributed by atoms with Gasteiger partial charge in [-0.25, -0.2) is 4.39 Å². The average Bonchev–Trinajstić information content (AvgIpc) is 2.92. The Hall–Kier alpha value is -2.09. The topological polar surface area (TPSA) is 38.8 Å². The van der Waals surface area contributed by atoms with Crippen molar-refractivity contribution in [2.45, 2.75) is 6.92 Å². The molecule has 1 saturated heterocycles. The smallest absolute Gasteiger partial charge is 0.270 e. The number of methoxy groups -OCH3 is 1. The molecule has 0 saturated carbocycles. The molecule has 27 heavy (non-hydrogen) atoms. The first-order chi connectivity index (χ1) is 13.0. The Kier molecular flexibility index (Phi) is 6.04. The second kappa shape index (κ2) is 8.29. The van der Waals surface area contributed by atoms with Crippen molar-refractivity contribution in [2.75, 3.05) is 18.6 Å². The molecule has 1 amide bonds. The lowest BCUT2D eigenvalue weighted by molar-refractivity contribution is -0.113. The van der Waals surface area contributed by atoms with E-state index in [9.17, 15) is 9.18 Å². The fraction of sp³-hybridized carbons (Fsp3) is 0.158. The maximum atomic E-state index is 13.4. The number of carbonyl (C=O) groups is 1.